The summed E-state index contributed by atoms with van der Waals surface area (Å²) in [6, 6.07) is 4.43. The number of hydrogen-bond donors (Lipinski definition) is 1. The Hall–Kier alpha value is -0.800. The van der Waals surface area contributed by atoms with Crippen LogP contribution in [0.25, 0.3) is 0 Å². The highest BCUT2D eigenvalue weighted by molar-refractivity contribution is 6.30. The van der Waals surface area contributed by atoms with Gasteiger partial charge in [0, 0.05) is 18.0 Å². The summed E-state index contributed by atoms with van der Waals surface area (Å²) in [7, 11) is 0. The lowest BCUT2D eigenvalue weighted by Crippen LogP contribution is -2.35. The Balaban J connectivity index is 2.43. The number of rotatable bonds is 7. The van der Waals surface area contributed by atoms with E-state index in [0.717, 1.165) is 13.1 Å². The quantitative estimate of drug-likeness (QED) is 0.814. The van der Waals surface area contributed by atoms with E-state index in [0.29, 0.717) is 18.3 Å². The normalized spacial score (nSPS) is 11.9. The van der Waals surface area contributed by atoms with Gasteiger partial charge in [-0.1, -0.05) is 39.3 Å². The van der Waals surface area contributed by atoms with E-state index in [9.17, 15) is 4.39 Å². The van der Waals surface area contributed by atoms with Crippen molar-refractivity contribution in [2.45, 2.75) is 27.7 Å². The lowest BCUT2D eigenvalue weighted by atomic mass is 9.94. The maximum atomic E-state index is 13.0. The molecule has 0 aliphatic carbocycles. The van der Waals surface area contributed by atoms with Crippen LogP contribution < -0.4 is 10.1 Å². The summed E-state index contributed by atoms with van der Waals surface area (Å²) >= 11 is 5.71. The third-order valence-electron chi connectivity index (χ3n) is 2.68. The maximum Gasteiger partial charge on any atom is 0.142 e. The molecule has 4 heteroatoms. The highest BCUT2D eigenvalue weighted by atomic mass is 35.5. The fourth-order valence-electron chi connectivity index (χ4n) is 1.60. The van der Waals surface area contributed by atoms with Crippen LogP contribution in [0.15, 0.2) is 18.2 Å². The molecule has 0 aliphatic heterocycles. The van der Waals surface area contributed by atoms with Crippen molar-refractivity contribution in [3.05, 3.63) is 29.0 Å². The van der Waals surface area contributed by atoms with Gasteiger partial charge in [-0.25, -0.2) is 4.39 Å². The topological polar surface area (TPSA) is 21.3 Å². The Morgan fingerprint density at radius 3 is 2.63 bits per heavy atom. The molecule has 0 amide bonds. The minimum Gasteiger partial charge on any atom is -0.493 e. The number of nitrogens with one attached hydrogen (secondary N) is 1. The largest absolute Gasteiger partial charge is 0.493 e. The molecule has 0 spiro atoms. The summed E-state index contributed by atoms with van der Waals surface area (Å²) in [5, 5.41) is 3.51. The molecule has 0 saturated heterocycles. The molecule has 0 saturated carbocycles. The third-order valence-corrected chi connectivity index (χ3v) is 2.97. The number of halogens is 2. The van der Waals surface area contributed by atoms with Gasteiger partial charge in [-0.2, -0.15) is 0 Å². The fourth-order valence-corrected chi connectivity index (χ4v) is 1.77. The van der Waals surface area contributed by atoms with E-state index in [2.05, 4.69) is 33.0 Å². The Labute approximate surface area is 120 Å². The van der Waals surface area contributed by atoms with Gasteiger partial charge in [0.15, 0.2) is 0 Å². The van der Waals surface area contributed by atoms with Crippen LogP contribution in [0.4, 0.5) is 4.39 Å². The SMILES string of the molecule is CC(C)CNCC(C)(C)COc1ccc(F)c(Cl)c1. The van der Waals surface area contributed by atoms with Crippen molar-refractivity contribution in [2.24, 2.45) is 11.3 Å². The third kappa shape index (κ3) is 6.26. The van der Waals surface area contributed by atoms with Crippen molar-refractivity contribution >= 4 is 11.6 Å². The predicted octanol–water partition coefficient (Wildman–Crippen LogP) is 4.13. The summed E-state index contributed by atoms with van der Waals surface area (Å²) in [6.07, 6.45) is 0. The molecule has 0 aromatic heterocycles. The highest BCUT2D eigenvalue weighted by Crippen LogP contribution is 2.23. The summed E-state index contributed by atoms with van der Waals surface area (Å²) in [4.78, 5) is 0. The van der Waals surface area contributed by atoms with Gasteiger partial charge >= 0.3 is 0 Å². The van der Waals surface area contributed by atoms with Crippen molar-refractivity contribution in [2.75, 3.05) is 19.7 Å². The summed E-state index contributed by atoms with van der Waals surface area (Å²) < 4.78 is 18.7. The van der Waals surface area contributed by atoms with Gasteiger partial charge in [0.1, 0.15) is 11.6 Å². The molecule has 1 rings (SSSR count). The van der Waals surface area contributed by atoms with Gasteiger partial charge < -0.3 is 10.1 Å². The van der Waals surface area contributed by atoms with Crippen LogP contribution >= 0.6 is 11.6 Å². The monoisotopic (exact) mass is 287 g/mol. The second kappa shape index (κ2) is 7.11. The van der Waals surface area contributed by atoms with E-state index in [1.807, 2.05) is 0 Å². The minimum absolute atomic E-state index is 0.00967. The van der Waals surface area contributed by atoms with E-state index < -0.39 is 5.82 Å². The van der Waals surface area contributed by atoms with Crippen molar-refractivity contribution in [3.8, 4) is 5.75 Å². The number of ether oxygens (including phenoxy) is 1. The zero-order valence-electron chi connectivity index (χ0n) is 12.1. The van der Waals surface area contributed by atoms with Crippen molar-refractivity contribution in [1.29, 1.82) is 0 Å². The molecule has 0 heterocycles. The molecule has 2 nitrogen and oxygen atoms in total. The predicted molar refractivity (Wildman–Crippen MR) is 78.4 cm³/mol. The van der Waals surface area contributed by atoms with Gasteiger partial charge in [0.05, 0.1) is 11.6 Å². The first-order valence-electron chi connectivity index (χ1n) is 6.59. The lowest BCUT2D eigenvalue weighted by molar-refractivity contribution is 0.175. The molecular weight excluding hydrogens is 265 g/mol. The molecule has 108 valence electrons. The van der Waals surface area contributed by atoms with Crippen LogP contribution in [0.5, 0.6) is 5.75 Å². The highest BCUT2D eigenvalue weighted by Gasteiger charge is 2.19. The molecule has 0 atom stereocenters. The molecular formula is C15H23ClFNO. The zero-order valence-corrected chi connectivity index (χ0v) is 12.9. The fraction of sp³-hybridized carbons (Fsp3) is 0.600. The molecule has 19 heavy (non-hydrogen) atoms. The standard InChI is InChI=1S/C15H23ClFNO/c1-11(2)8-18-9-15(3,4)10-19-12-5-6-14(17)13(16)7-12/h5-7,11,18H,8-10H2,1-4H3. The summed E-state index contributed by atoms with van der Waals surface area (Å²) in [6.45, 7) is 11.0. The first kappa shape index (κ1) is 16.3. The molecule has 0 bridgehead atoms. The van der Waals surface area contributed by atoms with Gasteiger partial charge in [0.2, 0.25) is 0 Å². The number of hydrogen-bond acceptors (Lipinski definition) is 2. The van der Waals surface area contributed by atoms with Crippen molar-refractivity contribution < 1.29 is 9.13 Å². The molecule has 0 unspecified atom stereocenters. The van der Waals surface area contributed by atoms with Gasteiger partial charge in [-0.15, -0.1) is 0 Å². The Morgan fingerprint density at radius 2 is 2.05 bits per heavy atom. The van der Waals surface area contributed by atoms with Crippen LogP contribution in [-0.4, -0.2) is 19.7 Å². The lowest BCUT2D eigenvalue weighted by Gasteiger charge is -2.25. The van der Waals surface area contributed by atoms with Gasteiger partial charge in [-0.3, -0.25) is 0 Å². The van der Waals surface area contributed by atoms with Crippen molar-refractivity contribution in [3.63, 3.8) is 0 Å². The first-order chi connectivity index (χ1) is 8.80. The molecule has 0 radical (unpaired) electrons. The van der Waals surface area contributed by atoms with Crippen LogP contribution in [0, 0.1) is 17.2 Å². The Kier molecular flexibility index (Phi) is 6.08. The smallest absolute Gasteiger partial charge is 0.142 e. The second-order valence-corrected chi connectivity index (χ2v) is 6.46. The average molecular weight is 288 g/mol. The van der Waals surface area contributed by atoms with E-state index in [4.69, 9.17) is 16.3 Å². The average Bonchev–Trinajstić information content (AvgIpc) is 2.30. The van der Waals surface area contributed by atoms with E-state index in [-0.39, 0.29) is 10.4 Å². The van der Waals surface area contributed by atoms with E-state index >= 15 is 0 Å². The molecule has 1 N–H and O–H groups in total. The van der Waals surface area contributed by atoms with Crippen LogP contribution in [-0.2, 0) is 0 Å². The Morgan fingerprint density at radius 1 is 1.37 bits per heavy atom. The molecule has 1 aromatic rings. The molecule has 1 aromatic carbocycles. The first-order valence-corrected chi connectivity index (χ1v) is 6.96. The van der Waals surface area contributed by atoms with Crippen LogP contribution in [0.1, 0.15) is 27.7 Å². The Bertz CT molecular complexity index is 407. The molecule has 0 aliphatic rings. The van der Waals surface area contributed by atoms with Crippen molar-refractivity contribution in [1.82, 2.24) is 5.32 Å². The zero-order chi connectivity index (χ0) is 14.5. The summed E-state index contributed by atoms with van der Waals surface area (Å²) in [5.41, 5.74) is 0.00967. The molecule has 0 fully saturated rings. The van der Waals surface area contributed by atoms with Gasteiger partial charge in [0.25, 0.3) is 0 Å². The van der Waals surface area contributed by atoms with Crippen LogP contribution in [0.3, 0.4) is 0 Å². The second-order valence-electron chi connectivity index (χ2n) is 6.05. The number of benzene rings is 1. The maximum absolute atomic E-state index is 13.0. The minimum atomic E-state index is -0.424. The van der Waals surface area contributed by atoms with E-state index in [1.54, 1.807) is 6.07 Å². The van der Waals surface area contributed by atoms with Gasteiger partial charge in [-0.05, 0) is 24.6 Å². The summed E-state index contributed by atoms with van der Waals surface area (Å²) in [5.74, 6) is 0.808. The van der Waals surface area contributed by atoms with Crippen LogP contribution in [0.2, 0.25) is 5.02 Å². The van der Waals surface area contributed by atoms with E-state index in [1.165, 1.54) is 12.1 Å².